The van der Waals surface area contributed by atoms with Crippen molar-refractivity contribution in [2.75, 3.05) is 50.7 Å². The molecule has 3 heterocycles. The molecular weight excluding hydrogens is 417 g/mol. The number of nitrogens with zero attached hydrogens (tertiary/aromatic N) is 4. The predicted molar refractivity (Wildman–Crippen MR) is 119 cm³/mol. The van der Waals surface area contributed by atoms with E-state index in [0.29, 0.717) is 24.5 Å². The molecule has 0 unspecified atom stereocenters. The highest BCUT2D eigenvalue weighted by atomic mass is 32.1. The lowest BCUT2D eigenvalue weighted by Crippen LogP contribution is -2.52. The number of hydrogen-bond donors (Lipinski definition) is 1. The average molecular weight is 446 g/mol. The van der Waals surface area contributed by atoms with Crippen LogP contribution in [0.4, 0.5) is 10.1 Å². The van der Waals surface area contributed by atoms with E-state index in [1.165, 1.54) is 23.5 Å². The summed E-state index contributed by atoms with van der Waals surface area (Å²) in [6.07, 6.45) is 1.68. The molecule has 0 aliphatic carbocycles. The molecular formula is C22H28FN5O2S. The standard InChI is InChI=1S/C22H28FN5O2S/c1-16-21(31-15-24-16)22(30)25-18-6-8-26(9-7-18)14-20(29)28-12-10-27(11-13-28)19-4-2-17(23)3-5-19/h2-5,15,18H,6-14H2,1H3,(H,25,30). The zero-order chi connectivity index (χ0) is 21.8. The zero-order valence-electron chi connectivity index (χ0n) is 17.7. The minimum Gasteiger partial charge on any atom is -0.368 e. The third-order valence-corrected chi connectivity index (χ3v) is 6.98. The fourth-order valence-electron chi connectivity index (χ4n) is 4.16. The Kier molecular flexibility index (Phi) is 6.82. The molecule has 0 saturated carbocycles. The average Bonchev–Trinajstić information content (AvgIpc) is 3.22. The summed E-state index contributed by atoms with van der Waals surface area (Å²) in [4.78, 5) is 36.2. The minimum absolute atomic E-state index is 0.0476. The monoisotopic (exact) mass is 445 g/mol. The first-order valence-corrected chi connectivity index (χ1v) is 11.6. The Morgan fingerprint density at radius 1 is 1.10 bits per heavy atom. The quantitative estimate of drug-likeness (QED) is 0.764. The van der Waals surface area contributed by atoms with Crippen molar-refractivity contribution in [3.05, 3.63) is 46.2 Å². The number of likely N-dealkylation sites (tertiary alicyclic amines) is 1. The number of carbonyl (C=O) groups is 2. The van der Waals surface area contributed by atoms with Gasteiger partial charge < -0.3 is 15.1 Å². The number of piperidine rings is 1. The van der Waals surface area contributed by atoms with Gasteiger partial charge in [-0.1, -0.05) is 0 Å². The van der Waals surface area contributed by atoms with E-state index in [-0.39, 0.29) is 23.7 Å². The van der Waals surface area contributed by atoms with Gasteiger partial charge in [0.05, 0.1) is 17.7 Å². The molecule has 2 amide bonds. The Balaban J connectivity index is 1.19. The van der Waals surface area contributed by atoms with Crippen LogP contribution in [0, 0.1) is 12.7 Å². The number of hydrogen-bond acceptors (Lipinski definition) is 6. The number of amides is 2. The van der Waals surface area contributed by atoms with Crippen LogP contribution in [0.5, 0.6) is 0 Å². The van der Waals surface area contributed by atoms with E-state index >= 15 is 0 Å². The van der Waals surface area contributed by atoms with Crippen LogP contribution in [0.3, 0.4) is 0 Å². The Labute approximate surface area is 185 Å². The van der Waals surface area contributed by atoms with Gasteiger partial charge in [0.25, 0.3) is 5.91 Å². The van der Waals surface area contributed by atoms with Crippen molar-refractivity contribution in [2.45, 2.75) is 25.8 Å². The first-order chi connectivity index (χ1) is 15.0. The molecule has 31 heavy (non-hydrogen) atoms. The third-order valence-electron chi connectivity index (χ3n) is 6.06. The van der Waals surface area contributed by atoms with Crippen molar-refractivity contribution >= 4 is 28.8 Å². The molecule has 1 aromatic carbocycles. The van der Waals surface area contributed by atoms with Crippen LogP contribution in [0.2, 0.25) is 0 Å². The summed E-state index contributed by atoms with van der Waals surface area (Å²) in [7, 11) is 0. The van der Waals surface area contributed by atoms with Gasteiger partial charge in [-0.25, -0.2) is 9.37 Å². The first-order valence-electron chi connectivity index (χ1n) is 10.7. The van der Waals surface area contributed by atoms with E-state index in [1.54, 1.807) is 17.6 Å². The lowest BCUT2D eigenvalue weighted by Gasteiger charge is -2.38. The number of aromatic nitrogens is 1. The van der Waals surface area contributed by atoms with Crippen LogP contribution in [-0.2, 0) is 4.79 Å². The van der Waals surface area contributed by atoms with Crippen molar-refractivity contribution in [1.29, 1.82) is 0 Å². The molecule has 0 bridgehead atoms. The maximum atomic E-state index is 13.1. The lowest BCUT2D eigenvalue weighted by molar-refractivity contribution is -0.133. The number of carbonyl (C=O) groups excluding carboxylic acids is 2. The Morgan fingerprint density at radius 2 is 1.77 bits per heavy atom. The minimum atomic E-state index is -0.237. The normalized spacial score (nSPS) is 18.3. The number of nitrogens with one attached hydrogen (secondary N) is 1. The lowest BCUT2D eigenvalue weighted by atomic mass is 10.0. The van der Waals surface area contributed by atoms with Gasteiger partial charge in [0, 0.05) is 51.0 Å². The van der Waals surface area contributed by atoms with Crippen LogP contribution in [0.1, 0.15) is 28.2 Å². The Morgan fingerprint density at radius 3 is 2.39 bits per heavy atom. The molecule has 2 aliphatic heterocycles. The second kappa shape index (κ2) is 9.74. The highest BCUT2D eigenvalue weighted by Crippen LogP contribution is 2.18. The van der Waals surface area contributed by atoms with Gasteiger partial charge >= 0.3 is 0 Å². The highest BCUT2D eigenvalue weighted by molar-refractivity contribution is 7.11. The van der Waals surface area contributed by atoms with Crippen LogP contribution in [0.15, 0.2) is 29.8 Å². The molecule has 4 rings (SSSR count). The van der Waals surface area contributed by atoms with E-state index in [2.05, 4.69) is 20.1 Å². The van der Waals surface area contributed by atoms with E-state index < -0.39 is 0 Å². The SMILES string of the molecule is Cc1ncsc1C(=O)NC1CCN(CC(=O)N2CCN(c3ccc(F)cc3)CC2)CC1. The van der Waals surface area contributed by atoms with Crippen molar-refractivity contribution < 1.29 is 14.0 Å². The molecule has 166 valence electrons. The Bertz CT molecular complexity index is 903. The van der Waals surface area contributed by atoms with Crippen molar-refractivity contribution in [3.63, 3.8) is 0 Å². The van der Waals surface area contributed by atoms with Crippen LogP contribution in [-0.4, -0.2) is 78.5 Å². The van der Waals surface area contributed by atoms with E-state index in [4.69, 9.17) is 0 Å². The number of thiazole rings is 1. The largest absolute Gasteiger partial charge is 0.368 e. The van der Waals surface area contributed by atoms with Gasteiger partial charge in [-0.05, 0) is 44.0 Å². The van der Waals surface area contributed by atoms with E-state index in [9.17, 15) is 14.0 Å². The van der Waals surface area contributed by atoms with Gasteiger partial charge in [-0.2, -0.15) is 0 Å². The maximum Gasteiger partial charge on any atom is 0.263 e. The number of benzene rings is 1. The number of rotatable bonds is 5. The second-order valence-electron chi connectivity index (χ2n) is 8.14. The molecule has 2 fully saturated rings. The molecule has 0 atom stereocenters. The number of anilines is 1. The van der Waals surface area contributed by atoms with Gasteiger partial charge in [0.1, 0.15) is 10.7 Å². The van der Waals surface area contributed by atoms with Gasteiger partial charge in [-0.3, -0.25) is 14.5 Å². The molecule has 9 heteroatoms. The van der Waals surface area contributed by atoms with E-state index in [0.717, 1.165) is 50.4 Å². The van der Waals surface area contributed by atoms with Crippen molar-refractivity contribution in [2.24, 2.45) is 0 Å². The maximum absolute atomic E-state index is 13.1. The highest BCUT2D eigenvalue weighted by Gasteiger charge is 2.26. The summed E-state index contributed by atoms with van der Waals surface area (Å²) >= 11 is 1.37. The number of halogens is 1. The fourth-order valence-corrected chi connectivity index (χ4v) is 4.87. The van der Waals surface area contributed by atoms with Crippen LogP contribution < -0.4 is 10.2 Å². The fraction of sp³-hybridized carbons (Fsp3) is 0.500. The first kappa shape index (κ1) is 21.7. The van der Waals surface area contributed by atoms with Crippen molar-refractivity contribution in [3.8, 4) is 0 Å². The number of aryl methyl sites for hydroxylation is 1. The summed E-state index contributed by atoms with van der Waals surface area (Å²) in [6.45, 7) is 6.73. The molecule has 1 aromatic heterocycles. The van der Waals surface area contributed by atoms with Crippen LogP contribution >= 0.6 is 11.3 Å². The molecule has 0 radical (unpaired) electrons. The molecule has 7 nitrogen and oxygen atoms in total. The van der Waals surface area contributed by atoms with Crippen LogP contribution in [0.25, 0.3) is 0 Å². The van der Waals surface area contributed by atoms with Gasteiger partial charge in [-0.15, -0.1) is 11.3 Å². The number of piperazine rings is 1. The summed E-state index contributed by atoms with van der Waals surface area (Å²) < 4.78 is 13.1. The molecule has 2 aliphatic rings. The summed E-state index contributed by atoms with van der Waals surface area (Å²) in [5.41, 5.74) is 3.45. The zero-order valence-corrected chi connectivity index (χ0v) is 18.5. The molecule has 2 saturated heterocycles. The smallest absolute Gasteiger partial charge is 0.263 e. The summed E-state index contributed by atoms with van der Waals surface area (Å²) in [6, 6.07) is 6.65. The summed E-state index contributed by atoms with van der Waals surface area (Å²) in [5.74, 6) is -0.130. The molecule has 0 spiro atoms. The Hall–Kier alpha value is -2.52. The summed E-state index contributed by atoms with van der Waals surface area (Å²) in [5, 5.41) is 3.10. The topological polar surface area (TPSA) is 68.8 Å². The molecule has 2 aromatic rings. The van der Waals surface area contributed by atoms with E-state index in [1.807, 2.05) is 11.8 Å². The predicted octanol–water partition coefficient (Wildman–Crippen LogP) is 2.13. The second-order valence-corrected chi connectivity index (χ2v) is 8.99. The van der Waals surface area contributed by atoms with Gasteiger partial charge in [0.2, 0.25) is 5.91 Å². The third kappa shape index (κ3) is 5.40. The molecule has 1 N–H and O–H groups in total. The van der Waals surface area contributed by atoms with Crippen molar-refractivity contribution in [1.82, 2.24) is 20.1 Å². The van der Waals surface area contributed by atoms with Gasteiger partial charge in [0.15, 0.2) is 0 Å².